The van der Waals surface area contributed by atoms with Gasteiger partial charge >= 0.3 is 6.03 Å². The molecule has 0 unspecified atom stereocenters. The number of nitrogens with one attached hydrogen (secondary N) is 1. The fourth-order valence-corrected chi connectivity index (χ4v) is 3.86. The second-order valence-corrected chi connectivity index (χ2v) is 7.15. The summed E-state index contributed by atoms with van der Waals surface area (Å²) in [4.78, 5) is 14.1. The van der Waals surface area contributed by atoms with Gasteiger partial charge in [0.2, 0.25) is 0 Å². The molecule has 8 heteroatoms. The number of fused-ring (bicyclic) bond motifs is 1. The Bertz CT molecular complexity index is 605. The van der Waals surface area contributed by atoms with Crippen LogP contribution in [0.1, 0.15) is 45.2 Å². The molecule has 6 nitrogen and oxygen atoms in total. The van der Waals surface area contributed by atoms with Crippen LogP contribution in [0.5, 0.6) is 0 Å². The summed E-state index contributed by atoms with van der Waals surface area (Å²) in [6.45, 7) is 4.98. The number of halogens is 2. The molecule has 2 amide bonds. The van der Waals surface area contributed by atoms with Crippen molar-refractivity contribution in [3.8, 4) is 0 Å². The predicted molar refractivity (Wildman–Crippen MR) is 84.9 cm³/mol. The fourth-order valence-electron chi connectivity index (χ4n) is 3.86. The Morgan fingerprint density at radius 3 is 2.83 bits per heavy atom. The lowest BCUT2D eigenvalue weighted by atomic mass is 10.0. The molecule has 1 aromatic heterocycles. The van der Waals surface area contributed by atoms with Crippen molar-refractivity contribution in [1.29, 1.82) is 0 Å². The van der Waals surface area contributed by atoms with E-state index in [1.54, 1.807) is 4.90 Å². The fraction of sp³-hybridized carbons (Fsp3) is 0.750. The van der Waals surface area contributed by atoms with Gasteiger partial charge in [0.05, 0.1) is 17.8 Å². The molecule has 0 radical (unpaired) electrons. The topological polar surface area (TPSA) is 70.4 Å². The number of rotatable bonds is 4. The van der Waals surface area contributed by atoms with Gasteiger partial charge in [0, 0.05) is 19.3 Å². The third kappa shape index (κ3) is 3.24. The van der Waals surface area contributed by atoms with Gasteiger partial charge in [-0.2, -0.15) is 5.10 Å². The van der Waals surface area contributed by atoms with Crippen LogP contribution in [-0.4, -0.2) is 44.5 Å². The maximum absolute atomic E-state index is 13.2. The van der Waals surface area contributed by atoms with E-state index in [9.17, 15) is 18.7 Å². The van der Waals surface area contributed by atoms with Gasteiger partial charge in [-0.3, -0.25) is 4.68 Å². The van der Waals surface area contributed by atoms with Gasteiger partial charge in [0.15, 0.2) is 5.69 Å². The summed E-state index contributed by atoms with van der Waals surface area (Å²) in [5.74, 6) is 0.566. The van der Waals surface area contributed by atoms with Crippen molar-refractivity contribution >= 4 is 11.7 Å². The van der Waals surface area contributed by atoms with E-state index in [1.165, 1.54) is 10.9 Å². The monoisotopic (exact) mass is 342 g/mol. The summed E-state index contributed by atoms with van der Waals surface area (Å²) >= 11 is 0. The molecule has 2 N–H and O–H groups in total. The first-order chi connectivity index (χ1) is 11.4. The Balaban J connectivity index is 1.75. The van der Waals surface area contributed by atoms with Crippen molar-refractivity contribution in [3.05, 3.63) is 11.9 Å². The zero-order valence-corrected chi connectivity index (χ0v) is 14.0. The van der Waals surface area contributed by atoms with E-state index in [-0.39, 0.29) is 17.6 Å². The van der Waals surface area contributed by atoms with E-state index in [0.717, 1.165) is 12.8 Å². The molecule has 1 saturated heterocycles. The van der Waals surface area contributed by atoms with E-state index >= 15 is 0 Å². The van der Waals surface area contributed by atoms with Crippen molar-refractivity contribution in [2.75, 3.05) is 11.9 Å². The Morgan fingerprint density at radius 2 is 2.17 bits per heavy atom. The Kier molecular flexibility index (Phi) is 4.76. The van der Waals surface area contributed by atoms with Crippen LogP contribution in [-0.2, 0) is 6.54 Å². The van der Waals surface area contributed by atoms with Crippen LogP contribution in [0.2, 0.25) is 0 Å². The first kappa shape index (κ1) is 17.1. The van der Waals surface area contributed by atoms with E-state index < -0.39 is 24.3 Å². The lowest BCUT2D eigenvalue weighted by Gasteiger charge is -2.26. The van der Waals surface area contributed by atoms with Crippen molar-refractivity contribution in [2.45, 2.75) is 58.2 Å². The van der Waals surface area contributed by atoms with E-state index in [4.69, 9.17) is 0 Å². The van der Waals surface area contributed by atoms with Gasteiger partial charge in [0.1, 0.15) is 0 Å². The zero-order chi connectivity index (χ0) is 17.4. The number of amides is 2. The molecule has 3 rings (SSSR count). The average Bonchev–Trinajstić information content (AvgIpc) is 3.15. The van der Waals surface area contributed by atoms with E-state index in [2.05, 4.69) is 10.4 Å². The van der Waals surface area contributed by atoms with Crippen molar-refractivity contribution in [3.63, 3.8) is 0 Å². The molecule has 134 valence electrons. The summed E-state index contributed by atoms with van der Waals surface area (Å²) in [6, 6.07) is -0.639. The number of likely N-dealkylation sites (tertiary alicyclic amines) is 1. The largest absolute Gasteiger partial charge is 0.391 e. The summed E-state index contributed by atoms with van der Waals surface area (Å²) < 4.78 is 27.8. The summed E-state index contributed by atoms with van der Waals surface area (Å²) in [7, 11) is 0. The number of alkyl halides is 2. The normalized spacial score (nSPS) is 26.5. The van der Waals surface area contributed by atoms with Crippen LogP contribution < -0.4 is 5.32 Å². The third-order valence-corrected chi connectivity index (χ3v) is 4.86. The Hall–Kier alpha value is -1.70. The molecule has 2 fully saturated rings. The minimum atomic E-state index is -2.75. The van der Waals surface area contributed by atoms with Gasteiger partial charge in [-0.05, 0) is 31.1 Å². The quantitative estimate of drug-likeness (QED) is 0.884. The minimum absolute atomic E-state index is 0.0478. The molecule has 3 atom stereocenters. The summed E-state index contributed by atoms with van der Waals surface area (Å²) in [5.41, 5.74) is -0.363. The highest BCUT2D eigenvalue weighted by Gasteiger charge is 2.45. The molecule has 1 aliphatic heterocycles. The standard InChI is InChI=1S/C16H24F2N4O2/c1-9(2)7-21-8-11(13(20-21)15(17)18)19-16(24)22-6-5-10-3-4-12(23)14(10)22/h8-10,12,14-15,23H,3-7H2,1-2H3,(H,19,24)/t10-,12+,14+/m0/s1. The number of hydrogen-bond acceptors (Lipinski definition) is 3. The number of aromatic nitrogens is 2. The number of carbonyl (C=O) groups is 1. The SMILES string of the molecule is CC(C)Cn1cc(NC(=O)N2CC[C@@H]3CC[C@@H](O)[C@@H]32)c(C(F)F)n1. The van der Waals surface area contributed by atoms with E-state index in [1.807, 2.05) is 13.8 Å². The molecule has 2 heterocycles. The van der Waals surface area contributed by atoms with E-state index in [0.29, 0.717) is 25.4 Å². The van der Waals surface area contributed by atoms with Crippen LogP contribution in [0.15, 0.2) is 6.20 Å². The lowest BCUT2D eigenvalue weighted by molar-refractivity contribution is 0.101. The summed E-state index contributed by atoms with van der Waals surface area (Å²) in [6.07, 6.45) is 0.623. The van der Waals surface area contributed by atoms with Crippen LogP contribution in [0.4, 0.5) is 19.3 Å². The summed E-state index contributed by atoms with van der Waals surface area (Å²) in [5, 5.41) is 16.5. The molecule has 0 spiro atoms. The van der Waals surface area contributed by atoms with Crippen molar-refractivity contribution in [2.24, 2.45) is 11.8 Å². The molecule has 1 saturated carbocycles. The molecule has 2 aliphatic rings. The highest BCUT2D eigenvalue weighted by atomic mass is 19.3. The smallest absolute Gasteiger partial charge is 0.322 e. The Labute approximate surface area is 139 Å². The molecule has 1 aliphatic carbocycles. The second-order valence-electron chi connectivity index (χ2n) is 7.15. The predicted octanol–water partition coefficient (Wildman–Crippen LogP) is 2.85. The average molecular weight is 342 g/mol. The van der Waals surface area contributed by atoms with Crippen LogP contribution in [0.3, 0.4) is 0 Å². The number of aliphatic hydroxyl groups is 1. The van der Waals surface area contributed by atoms with Gasteiger partial charge in [-0.25, -0.2) is 13.6 Å². The molecular weight excluding hydrogens is 318 g/mol. The molecule has 1 aromatic rings. The van der Waals surface area contributed by atoms with Gasteiger partial charge in [0.25, 0.3) is 6.43 Å². The third-order valence-electron chi connectivity index (χ3n) is 4.86. The van der Waals surface area contributed by atoms with Crippen molar-refractivity contribution < 1.29 is 18.7 Å². The molecule has 0 bridgehead atoms. The van der Waals surface area contributed by atoms with Crippen LogP contribution in [0.25, 0.3) is 0 Å². The van der Waals surface area contributed by atoms with Gasteiger partial charge in [-0.1, -0.05) is 13.8 Å². The lowest BCUT2D eigenvalue weighted by Crippen LogP contribution is -2.44. The van der Waals surface area contributed by atoms with Gasteiger partial charge < -0.3 is 15.3 Å². The number of aliphatic hydroxyl groups excluding tert-OH is 1. The molecule has 24 heavy (non-hydrogen) atoms. The number of hydrogen-bond donors (Lipinski definition) is 2. The first-order valence-corrected chi connectivity index (χ1v) is 8.48. The van der Waals surface area contributed by atoms with Crippen LogP contribution >= 0.6 is 0 Å². The number of urea groups is 1. The maximum Gasteiger partial charge on any atom is 0.322 e. The van der Waals surface area contributed by atoms with Crippen molar-refractivity contribution in [1.82, 2.24) is 14.7 Å². The Morgan fingerprint density at radius 1 is 1.42 bits per heavy atom. The highest BCUT2D eigenvalue weighted by molar-refractivity contribution is 5.90. The maximum atomic E-state index is 13.2. The minimum Gasteiger partial charge on any atom is -0.391 e. The molecular formula is C16H24F2N4O2. The molecule has 0 aromatic carbocycles. The number of anilines is 1. The first-order valence-electron chi connectivity index (χ1n) is 8.48. The zero-order valence-electron chi connectivity index (χ0n) is 14.0. The second kappa shape index (κ2) is 6.66. The van der Waals surface area contributed by atoms with Gasteiger partial charge in [-0.15, -0.1) is 0 Å². The number of nitrogens with zero attached hydrogens (tertiary/aromatic N) is 3. The van der Waals surface area contributed by atoms with Crippen LogP contribution in [0, 0.1) is 11.8 Å². The highest BCUT2D eigenvalue weighted by Crippen LogP contribution is 2.38. The number of carbonyl (C=O) groups excluding carboxylic acids is 1.